The van der Waals surface area contributed by atoms with E-state index in [9.17, 15) is 0 Å². The van der Waals surface area contributed by atoms with Crippen molar-refractivity contribution in [2.75, 3.05) is 0 Å². The third-order valence-corrected chi connectivity index (χ3v) is 4.36. The molecular formula is C20H14O2. The van der Waals surface area contributed by atoms with Gasteiger partial charge in [0.05, 0.1) is 0 Å². The molecule has 2 heterocycles. The van der Waals surface area contributed by atoms with Crippen molar-refractivity contribution in [1.29, 1.82) is 0 Å². The maximum atomic E-state index is 5.79. The first kappa shape index (κ1) is 11.9. The van der Waals surface area contributed by atoms with Gasteiger partial charge in [-0.05, 0) is 71.8 Å². The molecule has 2 aromatic heterocycles. The van der Waals surface area contributed by atoms with Crippen molar-refractivity contribution in [1.82, 2.24) is 0 Å². The molecule has 0 saturated carbocycles. The third-order valence-electron chi connectivity index (χ3n) is 4.36. The Balaban J connectivity index is 1.99. The highest BCUT2D eigenvalue weighted by Gasteiger charge is 2.09. The number of rotatable bonds is 0. The fraction of sp³-hybridized carbons (Fsp3) is 0.100. The molecule has 0 radical (unpaired) electrons. The molecule has 5 aromatic rings. The molecule has 0 aliphatic rings. The molecule has 0 amide bonds. The number of fused-ring (bicyclic) bond motifs is 5. The van der Waals surface area contributed by atoms with Crippen LogP contribution in [0.5, 0.6) is 0 Å². The molecule has 2 nitrogen and oxygen atoms in total. The molecule has 2 heteroatoms. The van der Waals surface area contributed by atoms with Gasteiger partial charge in [-0.1, -0.05) is 12.1 Å². The van der Waals surface area contributed by atoms with Gasteiger partial charge in [0.15, 0.2) is 0 Å². The lowest BCUT2D eigenvalue weighted by Crippen LogP contribution is -1.78. The van der Waals surface area contributed by atoms with Crippen molar-refractivity contribution in [3.05, 3.63) is 60.1 Å². The highest BCUT2D eigenvalue weighted by atomic mass is 16.3. The van der Waals surface area contributed by atoms with Crippen LogP contribution < -0.4 is 0 Å². The molecule has 0 saturated heterocycles. The SMILES string of the molecule is Cc1cc2cc3ccc4cc5cc(C)oc5cc4c3cc2o1. The highest BCUT2D eigenvalue weighted by Crippen LogP contribution is 2.33. The highest BCUT2D eigenvalue weighted by molar-refractivity contribution is 6.14. The summed E-state index contributed by atoms with van der Waals surface area (Å²) in [5.74, 6) is 1.89. The lowest BCUT2D eigenvalue weighted by molar-refractivity contribution is 0.578. The van der Waals surface area contributed by atoms with Crippen LogP contribution in [0.1, 0.15) is 11.5 Å². The van der Waals surface area contributed by atoms with E-state index in [0.29, 0.717) is 0 Å². The summed E-state index contributed by atoms with van der Waals surface area (Å²) < 4.78 is 11.6. The topological polar surface area (TPSA) is 26.3 Å². The summed E-state index contributed by atoms with van der Waals surface area (Å²) in [6.07, 6.45) is 0. The number of aryl methyl sites for hydroxylation is 2. The van der Waals surface area contributed by atoms with Crippen molar-refractivity contribution < 1.29 is 8.83 Å². The fourth-order valence-electron chi connectivity index (χ4n) is 3.40. The number of furan rings is 2. The van der Waals surface area contributed by atoms with Gasteiger partial charge in [-0.25, -0.2) is 0 Å². The van der Waals surface area contributed by atoms with Crippen LogP contribution in [0.15, 0.2) is 57.4 Å². The zero-order valence-corrected chi connectivity index (χ0v) is 12.4. The minimum Gasteiger partial charge on any atom is -0.461 e. The van der Waals surface area contributed by atoms with E-state index in [4.69, 9.17) is 8.83 Å². The first-order valence-corrected chi connectivity index (χ1v) is 7.44. The second-order valence-corrected chi connectivity index (χ2v) is 6.00. The average molecular weight is 286 g/mol. The maximum absolute atomic E-state index is 5.79. The van der Waals surface area contributed by atoms with Crippen molar-refractivity contribution in [2.24, 2.45) is 0 Å². The van der Waals surface area contributed by atoms with Gasteiger partial charge in [-0.15, -0.1) is 0 Å². The monoisotopic (exact) mass is 286 g/mol. The van der Waals surface area contributed by atoms with E-state index in [1.54, 1.807) is 0 Å². The Morgan fingerprint density at radius 3 is 1.45 bits per heavy atom. The van der Waals surface area contributed by atoms with Gasteiger partial charge in [0.1, 0.15) is 22.7 Å². The molecule has 0 aliphatic carbocycles. The summed E-state index contributed by atoms with van der Waals surface area (Å²) in [6, 6.07) is 17.2. The summed E-state index contributed by atoms with van der Waals surface area (Å²) in [6.45, 7) is 3.97. The lowest BCUT2D eigenvalue weighted by atomic mass is 9.99. The molecule has 5 rings (SSSR count). The van der Waals surface area contributed by atoms with E-state index in [0.717, 1.165) is 33.5 Å². The molecule has 0 bridgehead atoms. The van der Waals surface area contributed by atoms with Crippen LogP contribution in [-0.2, 0) is 0 Å². The molecule has 106 valence electrons. The Morgan fingerprint density at radius 1 is 0.545 bits per heavy atom. The minimum atomic E-state index is 0.938. The molecule has 0 atom stereocenters. The van der Waals surface area contributed by atoms with Gasteiger partial charge in [0, 0.05) is 10.8 Å². The number of hydrogen-bond donors (Lipinski definition) is 0. The van der Waals surface area contributed by atoms with E-state index in [2.05, 4.69) is 48.5 Å². The molecule has 0 unspecified atom stereocenters. The Hall–Kier alpha value is -2.74. The van der Waals surface area contributed by atoms with Crippen LogP contribution >= 0.6 is 0 Å². The largest absolute Gasteiger partial charge is 0.461 e. The van der Waals surface area contributed by atoms with E-state index < -0.39 is 0 Å². The molecular weight excluding hydrogens is 272 g/mol. The van der Waals surface area contributed by atoms with Crippen molar-refractivity contribution >= 4 is 43.5 Å². The van der Waals surface area contributed by atoms with Crippen LogP contribution in [0.25, 0.3) is 43.5 Å². The predicted octanol–water partition coefficient (Wildman–Crippen LogP) is 6.10. The maximum Gasteiger partial charge on any atom is 0.134 e. The first-order valence-electron chi connectivity index (χ1n) is 7.44. The standard InChI is InChI=1S/C20H14O2/c1-11-5-15-7-13-3-4-14-8-16-6-12(2)22-20(16)10-18(14)17(13)9-19(15)21-11/h3-10H,1-2H3. The normalized spacial score (nSPS) is 12.1. The van der Waals surface area contributed by atoms with Crippen LogP contribution in [0.2, 0.25) is 0 Å². The van der Waals surface area contributed by atoms with Crippen LogP contribution in [-0.4, -0.2) is 0 Å². The Labute approximate surface area is 126 Å². The van der Waals surface area contributed by atoms with Crippen LogP contribution in [0, 0.1) is 13.8 Å². The molecule has 0 spiro atoms. The molecule has 0 N–H and O–H groups in total. The van der Waals surface area contributed by atoms with Gasteiger partial charge in [0.2, 0.25) is 0 Å². The average Bonchev–Trinajstić information content (AvgIpc) is 3.02. The Bertz CT molecular complexity index is 1090. The minimum absolute atomic E-state index is 0.938. The van der Waals surface area contributed by atoms with Gasteiger partial charge in [0.25, 0.3) is 0 Å². The Morgan fingerprint density at radius 2 is 1.00 bits per heavy atom. The van der Waals surface area contributed by atoms with Crippen molar-refractivity contribution in [2.45, 2.75) is 13.8 Å². The third kappa shape index (κ3) is 1.55. The zero-order chi connectivity index (χ0) is 14.8. The summed E-state index contributed by atoms with van der Waals surface area (Å²) in [4.78, 5) is 0. The van der Waals surface area contributed by atoms with Crippen molar-refractivity contribution in [3.8, 4) is 0 Å². The van der Waals surface area contributed by atoms with Crippen LogP contribution in [0.4, 0.5) is 0 Å². The zero-order valence-electron chi connectivity index (χ0n) is 12.4. The van der Waals surface area contributed by atoms with E-state index in [1.165, 1.54) is 21.5 Å². The summed E-state index contributed by atoms with van der Waals surface area (Å²) in [7, 11) is 0. The van der Waals surface area contributed by atoms with Gasteiger partial charge >= 0.3 is 0 Å². The second-order valence-electron chi connectivity index (χ2n) is 6.00. The van der Waals surface area contributed by atoms with Gasteiger partial charge < -0.3 is 8.83 Å². The predicted molar refractivity (Wildman–Crippen MR) is 90.5 cm³/mol. The quantitative estimate of drug-likeness (QED) is 0.321. The molecule has 3 aromatic carbocycles. The van der Waals surface area contributed by atoms with Gasteiger partial charge in [-0.2, -0.15) is 0 Å². The van der Waals surface area contributed by atoms with Crippen molar-refractivity contribution in [3.63, 3.8) is 0 Å². The number of benzene rings is 3. The first-order chi connectivity index (χ1) is 10.7. The summed E-state index contributed by atoms with van der Waals surface area (Å²) in [5, 5.41) is 7.16. The van der Waals surface area contributed by atoms with E-state index >= 15 is 0 Å². The molecule has 22 heavy (non-hydrogen) atoms. The van der Waals surface area contributed by atoms with Crippen LogP contribution in [0.3, 0.4) is 0 Å². The molecule has 0 fully saturated rings. The lowest BCUT2D eigenvalue weighted by Gasteiger charge is -2.04. The Kier molecular flexibility index (Phi) is 2.11. The second kappa shape index (κ2) is 3.92. The summed E-state index contributed by atoms with van der Waals surface area (Å²) in [5.41, 5.74) is 1.88. The number of hydrogen-bond acceptors (Lipinski definition) is 2. The van der Waals surface area contributed by atoms with Gasteiger partial charge in [-0.3, -0.25) is 0 Å². The molecule has 0 aliphatic heterocycles. The fourth-order valence-corrected chi connectivity index (χ4v) is 3.40. The van der Waals surface area contributed by atoms with E-state index in [1.807, 2.05) is 13.8 Å². The van der Waals surface area contributed by atoms with E-state index in [-0.39, 0.29) is 0 Å². The smallest absolute Gasteiger partial charge is 0.134 e. The summed E-state index contributed by atoms with van der Waals surface area (Å²) >= 11 is 0.